The third-order valence-electron chi connectivity index (χ3n) is 12.7. The summed E-state index contributed by atoms with van der Waals surface area (Å²) in [6.07, 6.45) is 0.0543. The van der Waals surface area contributed by atoms with Gasteiger partial charge in [0.05, 0.1) is 43.7 Å². The topological polar surface area (TPSA) is 214 Å². The Labute approximate surface area is 351 Å². The number of carbonyl (C=O) groups excluding carboxylic acids is 1. The smallest absolute Gasteiger partial charge is 0.373 e. The van der Waals surface area contributed by atoms with Crippen molar-refractivity contribution in [3.63, 3.8) is 0 Å². The Bertz CT molecular complexity index is 1490. The highest BCUT2D eigenvalue weighted by Gasteiger charge is 2.53. The molecule has 0 aromatic carbocycles. The van der Waals surface area contributed by atoms with Gasteiger partial charge < -0.3 is 64.2 Å². The van der Waals surface area contributed by atoms with Crippen LogP contribution in [0.25, 0.3) is 0 Å². The number of rotatable bonds is 10. The molecule has 0 amide bonds. The van der Waals surface area contributed by atoms with Crippen LogP contribution < -0.4 is 0 Å². The van der Waals surface area contributed by atoms with Gasteiger partial charge >= 0.3 is 5.97 Å². The number of aliphatic hydroxyl groups excluding tert-OH is 6. The van der Waals surface area contributed by atoms with Crippen LogP contribution in [0.15, 0.2) is 59.4 Å². The molecule has 0 unspecified atom stereocenters. The van der Waals surface area contributed by atoms with Crippen LogP contribution in [0.1, 0.15) is 88.5 Å². The Morgan fingerprint density at radius 2 is 1.64 bits per heavy atom. The van der Waals surface area contributed by atoms with Gasteiger partial charge in [0, 0.05) is 43.1 Å². The summed E-state index contributed by atoms with van der Waals surface area (Å²) in [6.45, 7) is 18.0. The summed E-state index contributed by atoms with van der Waals surface area (Å²) in [4.78, 5) is 13.9. The van der Waals surface area contributed by atoms with E-state index in [2.05, 4.69) is 0 Å². The van der Waals surface area contributed by atoms with E-state index in [1.54, 1.807) is 58.9 Å². The van der Waals surface area contributed by atoms with Gasteiger partial charge in [-0.25, -0.2) is 4.79 Å². The van der Waals surface area contributed by atoms with E-state index in [1.807, 2.05) is 46.8 Å². The number of allylic oxidation sites excluding steroid dienone is 6. The van der Waals surface area contributed by atoms with Crippen molar-refractivity contribution in [1.29, 1.82) is 0 Å². The number of carbonyl (C=O) groups is 1. The van der Waals surface area contributed by atoms with Gasteiger partial charge in [-0.1, -0.05) is 89.1 Å². The molecule has 59 heavy (non-hydrogen) atoms. The molecular formula is C45H74O14. The molecule has 0 bridgehead atoms. The summed E-state index contributed by atoms with van der Waals surface area (Å²) in [5.74, 6) is -6.19. The van der Waals surface area contributed by atoms with Crippen molar-refractivity contribution >= 4 is 5.97 Å². The fourth-order valence-corrected chi connectivity index (χ4v) is 8.63. The normalized spacial score (nSPS) is 44.6. The average molecular weight is 839 g/mol. The van der Waals surface area contributed by atoms with Crippen molar-refractivity contribution in [3.05, 3.63) is 59.4 Å². The summed E-state index contributed by atoms with van der Waals surface area (Å²) in [7, 11) is 2.79. The lowest BCUT2D eigenvalue weighted by Crippen LogP contribution is -2.61. The quantitative estimate of drug-likeness (QED) is 0.123. The minimum absolute atomic E-state index is 0.131. The molecule has 0 aliphatic carbocycles. The first-order valence-electron chi connectivity index (χ1n) is 21.1. The Hall–Kier alpha value is -2.47. The molecule has 3 aliphatic heterocycles. The number of hydrogen-bond donors (Lipinski definition) is 7. The molecule has 0 spiro atoms. The Morgan fingerprint density at radius 1 is 0.983 bits per heavy atom. The van der Waals surface area contributed by atoms with Gasteiger partial charge in [0.15, 0.2) is 12.1 Å². The molecule has 2 saturated heterocycles. The van der Waals surface area contributed by atoms with E-state index in [0.717, 1.165) is 5.57 Å². The first-order valence-corrected chi connectivity index (χ1v) is 21.1. The maximum atomic E-state index is 13.9. The second-order valence-electron chi connectivity index (χ2n) is 17.2. The van der Waals surface area contributed by atoms with Crippen LogP contribution in [0.5, 0.6) is 0 Å². The van der Waals surface area contributed by atoms with Crippen LogP contribution in [0.4, 0.5) is 0 Å². The Morgan fingerprint density at radius 3 is 2.24 bits per heavy atom. The number of cyclic esters (lactones) is 1. The molecule has 3 aliphatic rings. The van der Waals surface area contributed by atoms with Crippen molar-refractivity contribution < 1.29 is 69.0 Å². The maximum Gasteiger partial charge on any atom is 0.373 e. The first kappa shape index (κ1) is 50.9. The molecule has 338 valence electrons. The van der Waals surface area contributed by atoms with E-state index in [-0.39, 0.29) is 35.9 Å². The lowest BCUT2D eigenvalue weighted by atomic mass is 9.77. The van der Waals surface area contributed by atoms with Crippen LogP contribution in [-0.4, -0.2) is 135 Å². The predicted molar refractivity (Wildman–Crippen MR) is 221 cm³/mol. The highest BCUT2D eigenvalue weighted by Crippen LogP contribution is 2.42. The van der Waals surface area contributed by atoms with E-state index in [1.165, 1.54) is 20.3 Å². The maximum absolute atomic E-state index is 13.9. The molecule has 14 nitrogen and oxygen atoms in total. The number of ether oxygens (including phenoxy) is 6. The molecular weight excluding hydrogens is 764 g/mol. The highest BCUT2D eigenvalue weighted by atomic mass is 16.7. The molecule has 0 aromatic heterocycles. The zero-order valence-corrected chi connectivity index (χ0v) is 37.0. The van der Waals surface area contributed by atoms with Gasteiger partial charge in [0.2, 0.25) is 5.76 Å². The molecule has 2 fully saturated rings. The molecule has 3 rings (SSSR count). The monoisotopic (exact) mass is 839 g/mol. The van der Waals surface area contributed by atoms with Gasteiger partial charge in [-0.15, -0.1) is 0 Å². The van der Waals surface area contributed by atoms with Crippen LogP contribution >= 0.6 is 0 Å². The second kappa shape index (κ2) is 22.6. The molecule has 7 N–H and O–H groups in total. The summed E-state index contributed by atoms with van der Waals surface area (Å²) in [5, 5.41) is 78.5. The standard InChI is InChI=1S/C45H74O14/c1-13-16-32-27(7)35(57-44-41(51)40(50)39(49)30(10)56-44)22-45(53,59-32)29(9)38(48)28(8)42-33(54-11)18-15-17-23(3)19-25(5)36(46)31(14-2)37(47)26(6)20-24(4)21-34(55-12)43(52)58-42/h13,15-18,20-21,25-33,35-42,44,46-51,53H,14,19,22H2,1-12H3/b16-13+,18-15-,23-17-,24-20-,34-21+/t25-,26-,27-,28+,29+,30+,31+,32-,33+,35-,36+,37-,38-,39+,40-,41-,42-,44+,45-/m1/s1. The van der Waals surface area contributed by atoms with Crippen LogP contribution in [0.3, 0.4) is 0 Å². The molecule has 3 heterocycles. The number of esters is 1. The van der Waals surface area contributed by atoms with Crippen LogP contribution in [-0.2, 0) is 33.2 Å². The van der Waals surface area contributed by atoms with Crippen molar-refractivity contribution in [2.45, 2.75) is 168 Å². The molecule has 0 saturated carbocycles. The van der Waals surface area contributed by atoms with Gasteiger partial charge in [0.1, 0.15) is 30.5 Å². The fraction of sp³-hybridized carbons (Fsp3) is 0.756. The summed E-state index contributed by atoms with van der Waals surface area (Å²) in [6, 6.07) is 0. The van der Waals surface area contributed by atoms with Crippen LogP contribution in [0, 0.1) is 35.5 Å². The number of hydrogen-bond acceptors (Lipinski definition) is 14. The molecule has 0 radical (unpaired) electrons. The zero-order chi connectivity index (χ0) is 44.5. The van der Waals surface area contributed by atoms with Gasteiger partial charge in [-0.05, 0) is 52.5 Å². The van der Waals surface area contributed by atoms with E-state index in [0.29, 0.717) is 18.4 Å². The number of aliphatic hydroxyl groups is 7. The van der Waals surface area contributed by atoms with Crippen molar-refractivity contribution in [3.8, 4) is 0 Å². The van der Waals surface area contributed by atoms with Gasteiger partial charge in [0.25, 0.3) is 0 Å². The highest BCUT2D eigenvalue weighted by molar-refractivity contribution is 5.87. The predicted octanol–water partition coefficient (Wildman–Crippen LogP) is 3.85. The SMILES string of the molecule is C/C=C/[C@H]1O[C@@](O)([C@@H](C)[C@H](O)[C@H](C)[C@H]2OC(=O)/C(OC)=C\C(C)=C/[C@@H](C)[C@@H](O)[C@@H](CC)[C@@H](O)[C@H](C)C/C(C)=C\C=C/[C@@H]2OC)C[C@@H](O[C@@H]2O[C@@H](C)[C@H](O)[C@@H](O)[C@H]2O)[C@@H]1C. The van der Waals surface area contributed by atoms with Gasteiger partial charge in [-0.3, -0.25) is 0 Å². The number of methoxy groups -OCH3 is 2. The van der Waals surface area contributed by atoms with Crippen LogP contribution in [0.2, 0.25) is 0 Å². The fourth-order valence-electron chi connectivity index (χ4n) is 8.63. The van der Waals surface area contributed by atoms with Crippen molar-refractivity contribution in [2.75, 3.05) is 14.2 Å². The molecule has 0 aromatic rings. The minimum Gasteiger partial charge on any atom is -0.490 e. The average Bonchev–Trinajstić information content (AvgIpc) is 3.19. The zero-order valence-electron chi connectivity index (χ0n) is 37.0. The van der Waals surface area contributed by atoms with Gasteiger partial charge in [-0.2, -0.15) is 0 Å². The Kier molecular flexibility index (Phi) is 19.5. The molecule has 19 atom stereocenters. The third-order valence-corrected chi connectivity index (χ3v) is 12.7. The third kappa shape index (κ3) is 12.6. The molecule has 14 heteroatoms. The summed E-state index contributed by atoms with van der Waals surface area (Å²) < 4.78 is 35.8. The van der Waals surface area contributed by atoms with E-state index in [4.69, 9.17) is 28.4 Å². The largest absolute Gasteiger partial charge is 0.490 e. The van der Waals surface area contributed by atoms with E-state index < -0.39 is 97.0 Å². The minimum atomic E-state index is -2.02. The first-order chi connectivity index (χ1) is 27.6. The summed E-state index contributed by atoms with van der Waals surface area (Å²) in [5.41, 5.74) is 1.58. The van der Waals surface area contributed by atoms with Crippen molar-refractivity contribution in [2.24, 2.45) is 35.5 Å². The summed E-state index contributed by atoms with van der Waals surface area (Å²) >= 11 is 0. The lowest BCUT2D eigenvalue weighted by Gasteiger charge is -2.50. The van der Waals surface area contributed by atoms with Crippen molar-refractivity contribution in [1.82, 2.24) is 0 Å². The second-order valence-corrected chi connectivity index (χ2v) is 17.2. The van der Waals surface area contributed by atoms with E-state index in [9.17, 15) is 40.5 Å². The van der Waals surface area contributed by atoms with E-state index >= 15 is 0 Å². The Balaban J connectivity index is 2.03. The lowest BCUT2D eigenvalue weighted by molar-refractivity contribution is -0.352.